The molecule has 3 rings (SSSR count). The predicted molar refractivity (Wildman–Crippen MR) is 101 cm³/mol. The van der Waals surface area contributed by atoms with Crippen molar-refractivity contribution in [2.24, 2.45) is 0 Å². The third kappa shape index (κ3) is 4.39. The van der Waals surface area contributed by atoms with Gasteiger partial charge >= 0.3 is 0 Å². The highest BCUT2D eigenvalue weighted by Crippen LogP contribution is 2.21. The van der Waals surface area contributed by atoms with Gasteiger partial charge in [-0.15, -0.1) is 0 Å². The van der Waals surface area contributed by atoms with Gasteiger partial charge in [-0.2, -0.15) is 4.31 Å². The number of carbonyl (C=O) groups is 1. The highest BCUT2D eigenvalue weighted by molar-refractivity contribution is 7.89. The second-order valence-corrected chi connectivity index (χ2v) is 8.85. The van der Waals surface area contributed by atoms with Gasteiger partial charge in [-0.3, -0.25) is 4.79 Å². The van der Waals surface area contributed by atoms with Crippen molar-refractivity contribution in [3.05, 3.63) is 65.2 Å². The average Bonchev–Trinajstić information content (AvgIpc) is 3.20. The van der Waals surface area contributed by atoms with Gasteiger partial charge in [0.05, 0.1) is 4.90 Å². The molecule has 0 saturated carbocycles. The number of amides is 1. The first kappa shape index (κ1) is 20.4. The monoisotopic (exact) mass is 408 g/mol. The van der Waals surface area contributed by atoms with Crippen molar-refractivity contribution >= 4 is 15.9 Å². The molecule has 5 nitrogen and oxygen atoms in total. The van der Waals surface area contributed by atoms with Gasteiger partial charge in [0.2, 0.25) is 10.0 Å². The molecular formula is C20H22F2N2O3S. The van der Waals surface area contributed by atoms with E-state index < -0.39 is 33.6 Å². The van der Waals surface area contributed by atoms with E-state index in [1.807, 2.05) is 0 Å². The second-order valence-electron chi connectivity index (χ2n) is 6.91. The Hall–Kier alpha value is -2.32. The lowest BCUT2D eigenvalue weighted by atomic mass is 10.1. The predicted octanol–water partition coefficient (Wildman–Crippen LogP) is 3.11. The number of nitrogens with one attached hydrogen (secondary N) is 1. The first-order valence-electron chi connectivity index (χ1n) is 9.13. The van der Waals surface area contributed by atoms with Crippen LogP contribution in [0.1, 0.15) is 35.7 Å². The first-order valence-corrected chi connectivity index (χ1v) is 10.6. The maximum atomic E-state index is 13.7. The molecule has 8 heteroatoms. The molecule has 1 fully saturated rings. The van der Waals surface area contributed by atoms with Crippen LogP contribution in [0.5, 0.6) is 0 Å². The number of hydrogen-bond acceptors (Lipinski definition) is 3. The Morgan fingerprint density at radius 1 is 1.07 bits per heavy atom. The van der Waals surface area contributed by atoms with Gasteiger partial charge in [-0.25, -0.2) is 17.2 Å². The summed E-state index contributed by atoms with van der Waals surface area (Å²) in [5, 5.41) is 2.68. The maximum Gasteiger partial charge on any atom is 0.251 e. The minimum atomic E-state index is -3.54. The van der Waals surface area contributed by atoms with Gasteiger partial charge in [0.15, 0.2) is 0 Å². The molecule has 2 aromatic carbocycles. The quantitative estimate of drug-likeness (QED) is 0.799. The van der Waals surface area contributed by atoms with Crippen LogP contribution in [-0.2, 0) is 16.4 Å². The molecule has 0 aliphatic carbocycles. The summed E-state index contributed by atoms with van der Waals surface area (Å²) in [5.74, 6) is -1.75. The summed E-state index contributed by atoms with van der Waals surface area (Å²) >= 11 is 0. The number of rotatable bonds is 6. The van der Waals surface area contributed by atoms with E-state index in [-0.39, 0.29) is 22.4 Å². The van der Waals surface area contributed by atoms with Gasteiger partial charge in [0.1, 0.15) is 11.6 Å². The minimum absolute atomic E-state index is 0.00562. The lowest BCUT2D eigenvalue weighted by molar-refractivity contribution is 0.0939. The van der Waals surface area contributed by atoms with Crippen molar-refractivity contribution in [1.82, 2.24) is 9.62 Å². The Labute approximate surface area is 163 Å². The molecule has 1 aliphatic heterocycles. The number of hydrogen-bond donors (Lipinski definition) is 1. The molecule has 0 spiro atoms. The number of nitrogens with zero attached hydrogens (tertiary/aromatic N) is 1. The molecule has 1 aliphatic rings. The van der Waals surface area contributed by atoms with Gasteiger partial charge in [-0.05, 0) is 62.6 Å². The zero-order valence-electron chi connectivity index (χ0n) is 15.5. The summed E-state index contributed by atoms with van der Waals surface area (Å²) in [4.78, 5) is 12.5. The number of carbonyl (C=O) groups excluding carboxylic acids is 1. The van der Waals surface area contributed by atoms with Crippen LogP contribution in [0.2, 0.25) is 0 Å². The molecule has 150 valence electrons. The van der Waals surface area contributed by atoms with Crippen LogP contribution < -0.4 is 5.32 Å². The van der Waals surface area contributed by atoms with Gasteiger partial charge in [-0.1, -0.05) is 6.07 Å². The van der Waals surface area contributed by atoms with Crippen LogP contribution in [0, 0.1) is 11.6 Å². The summed E-state index contributed by atoms with van der Waals surface area (Å²) < 4.78 is 54.0. The van der Waals surface area contributed by atoms with Gasteiger partial charge < -0.3 is 5.32 Å². The van der Waals surface area contributed by atoms with E-state index in [2.05, 4.69) is 5.32 Å². The zero-order valence-corrected chi connectivity index (χ0v) is 16.3. The summed E-state index contributed by atoms with van der Waals surface area (Å²) in [6.45, 7) is 2.67. The van der Waals surface area contributed by atoms with E-state index >= 15 is 0 Å². The van der Waals surface area contributed by atoms with Crippen LogP contribution in [0.15, 0.2) is 47.4 Å². The van der Waals surface area contributed by atoms with E-state index in [0.717, 1.165) is 12.8 Å². The third-order valence-corrected chi connectivity index (χ3v) is 6.68. The molecule has 0 bridgehead atoms. The molecule has 1 N–H and O–H groups in total. The summed E-state index contributed by atoms with van der Waals surface area (Å²) in [6.07, 6.45) is 1.70. The normalized spacial score (nSPS) is 16.1. The fourth-order valence-electron chi connectivity index (χ4n) is 3.25. The lowest BCUT2D eigenvalue weighted by Crippen LogP contribution is -2.34. The van der Waals surface area contributed by atoms with Crippen molar-refractivity contribution in [3.63, 3.8) is 0 Å². The van der Waals surface area contributed by atoms with Gasteiger partial charge in [0, 0.05) is 30.3 Å². The van der Waals surface area contributed by atoms with E-state index in [4.69, 9.17) is 0 Å². The topological polar surface area (TPSA) is 66.5 Å². The fourth-order valence-corrected chi connectivity index (χ4v) is 4.76. The van der Waals surface area contributed by atoms with Crippen LogP contribution in [0.25, 0.3) is 0 Å². The van der Waals surface area contributed by atoms with E-state index in [1.165, 1.54) is 46.8 Å². The van der Waals surface area contributed by atoms with Crippen LogP contribution in [0.3, 0.4) is 0 Å². The molecule has 0 radical (unpaired) electrons. The summed E-state index contributed by atoms with van der Waals surface area (Å²) in [7, 11) is -3.54. The average molecular weight is 408 g/mol. The van der Waals surface area contributed by atoms with Crippen LogP contribution in [-0.4, -0.2) is 37.8 Å². The second kappa shape index (κ2) is 8.36. The highest BCUT2D eigenvalue weighted by Gasteiger charge is 2.27. The van der Waals surface area contributed by atoms with Crippen molar-refractivity contribution in [2.75, 3.05) is 13.1 Å². The first-order chi connectivity index (χ1) is 13.3. The zero-order chi connectivity index (χ0) is 20.3. The molecule has 28 heavy (non-hydrogen) atoms. The molecule has 1 unspecified atom stereocenters. The fraction of sp³-hybridized carbons (Fsp3) is 0.350. The number of benzene rings is 2. The Kier molecular flexibility index (Phi) is 6.10. The lowest BCUT2D eigenvalue weighted by Gasteiger charge is -2.17. The molecule has 1 atom stereocenters. The van der Waals surface area contributed by atoms with E-state index in [0.29, 0.717) is 13.1 Å². The van der Waals surface area contributed by atoms with Crippen molar-refractivity contribution in [3.8, 4) is 0 Å². The van der Waals surface area contributed by atoms with Crippen molar-refractivity contribution in [1.29, 1.82) is 0 Å². The summed E-state index contributed by atoms with van der Waals surface area (Å²) in [5.41, 5.74) is 0.198. The number of halogens is 2. The highest BCUT2D eigenvalue weighted by atomic mass is 32.2. The van der Waals surface area contributed by atoms with Crippen LogP contribution in [0.4, 0.5) is 8.78 Å². The van der Waals surface area contributed by atoms with Crippen molar-refractivity contribution in [2.45, 2.75) is 37.1 Å². The molecule has 1 heterocycles. The Balaban J connectivity index is 1.66. The van der Waals surface area contributed by atoms with Gasteiger partial charge in [0.25, 0.3) is 5.91 Å². The SMILES string of the molecule is CC(Cc1c(F)cccc1F)NC(=O)c1ccc(S(=O)(=O)N2CCCC2)cc1. The Bertz CT molecular complexity index is 936. The molecule has 1 saturated heterocycles. The standard InChI is InChI=1S/C20H22F2N2O3S/c1-14(13-17-18(21)5-4-6-19(17)22)23-20(25)15-7-9-16(10-8-15)28(26,27)24-11-2-3-12-24/h4-10,14H,2-3,11-13H2,1H3,(H,23,25). The summed E-state index contributed by atoms with van der Waals surface area (Å²) in [6, 6.07) is 8.82. The molecule has 1 amide bonds. The smallest absolute Gasteiger partial charge is 0.251 e. The maximum absolute atomic E-state index is 13.7. The molecular weight excluding hydrogens is 386 g/mol. The van der Waals surface area contributed by atoms with Crippen LogP contribution >= 0.6 is 0 Å². The molecule has 0 aromatic heterocycles. The minimum Gasteiger partial charge on any atom is -0.349 e. The van der Waals surface area contributed by atoms with E-state index in [1.54, 1.807) is 6.92 Å². The Morgan fingerprint density at radius 2 is 1.64 bits per heavy atom. The van der Waals surface area contributed by atoms with Crippen molar-refractivity contribution < 1.29 is 22.0 Å². The largest absolute Gasteiger partial charge is 0.349 e. The van der Waals surface area contributed by atoms with E-state index in [9.17, 15) is 22.0 Å². The molecule has 2 aromatic rings. The third-order valence-electron chi connectivity index (χ3n) is 4.77. The Morgan fingerprint density at radius 3 is 2.21 bits per heavy atom. The number of sulfonamides is 1.